The molecule has 1 atom stereocenters. The Morgan fingerprint density at radius 1 is 1.50 bits per heavy atom. The van der Waals surface area contributed by atoms with Gasteiger partial charge < -0.3 is 9.55 Å². The van der Waals surface area contributed by atoms with Gasteiger partial charge in [0.05, 0.1) is 11.0 Å². The van der Waals surface area contributed by atoms with Crippen molar-refractivity contribution in [2.45, 2.75) is 32.7 Å². The maximum Gasteiger partial charge on any atom is 0.178 e. The molecule has 0 radical (unpaired) electrons. The van der Waals surface area contributed by atoms with Crippen LogP contribution in [0.15, 0.2) is 18.2 Å². The predicted octanol–water partition coefficient (Wildman–Crippen LogP) is 4.20. The van der Waals surface area contributed by atoms with E-state index >= 15 is 0 Å². The van der Waals surface area contributed by atoms with Crippen LogP contribution < -0.4 is 0 Å². The number of rotatable bonds is 3. The molecule has 16 heavy (non-hydrogen) atoms. The van der Waals surface area contributed by atoms with Crippen molar-refractivity contribution in [2.75, 3.05) is 0 Å². The molecule has 4 heteroatoms. The van der Waals surface area contributed by atoms with E-state index in [2.05, 4.69) is 18.8 Å². The van der Waals surface area contributed by atoms with Crippen molar-refractivity contribution < 1.29 is 4.39 Å². The van der Waals surface area contributed by atoms with Crippen molar-refractivity contribution in [3.05, 3.63) is 28.8 Å². The molecule has 2 nitrogen and oxygen atoms in total. The smallest absolute Gasteiger partial charge is 0.178 e. The zero-order valence-corrected chi connectivity index (χ0v) is 10.3. The molecule has 1 heterocycles. The average Bonchev–Trinajstić information content (AvgIpc) is 2.53. The molecule has 0 aliphatic heterocycles. The van der Waals surface area contributed by atoms with Crippen molar-refractivity contribution in [1.82, 2.24) is 9.55 Å². The number of halogens is 1. The highest BCUT2D eigenvalue weighted by Gasteiger charge is 2.10. The molecule has 1 aromatic carbocycles. The number of fused-ring (bicyclic) bond motifs is 1. The summed E-state index contributed by atoms with van der Waals surface area (Å²) < 4.78 is 15.9. The molecule has 1 N–H and O–H groups in total. The second kappa shape index (κ2) is 4.37. The molecule has 0 saturated carbocycles. The van der Waals surface area contributed by atoms with E-state index in [0.717, 1.165) is 23.9 Å². The van der Waals surface area contributed by atoms with Crippen molar-refractivity contribution in [3.63, 3.8) is 0 Å². The number of aromatic nitrogens is 2. The van der Waals surface area contributed by atoms with Crippen molar-refractivity contribution >= 4 is 23.3 Å². The third kappa shape index (κ3) is 1.89. The standard InChI is InChI=1S/C12H15FN2S/c1-3-4-8(2)15-11-7-9(13)5-6-10(11)14-12(15)16/h5-8H,3-4H2,1-2H3,(H,14,16). The molecule has 0 fully saturated rings. The van der Waals surface area contributed by atoms with E-state index in [0.29, 0.717) is 10.8 Å². The number of hydrogen-bond acceptors (Lipinski definition) is 1. The molecular weight excluding hydrogens is 223 g/mol. The minimum atomic E-state index is -0.223. The van der Waals surface area contributed by atoms with Crippen molar-refractivity contribution in [1.29, 1.82) is 0 Å². The molecule has 0 saturated heterocycles. The Morgan fingerprint density at radius 3 is 2.94 bits per heavy atom. The Bertz CT molecular complexity index is 556. The largest absolute Gasteiger partial charge is 0.331 e. The monoisotopic (exact) mass is 238 g/mol. The number of aromatic amines is 1. The third-order valence-electron chi connectivity index (χ3n) is 2.83. The molecule has 0 aliphatic rings. The van der Waals surface area contributed by atoms with Crippen LogP contribution in [0.25, 0.3) is 11.0 Å². The van der Waals surface area contributed by atoms with Crippen LogP contribution in [0.4, 0.5) is 4.39 Å². The van der Waals surface area contributed by atoms with Gasteiger partial charge in [-0.15, -0.1) is 0 Å². The van der Waals surface area contributed by atoms with Gasteiger partial charge in [-0.2, -0.15) is 0 Å². The number of imidazole rings is 1. The van der Waals surface area contributed by atoms with E-state index in [4.69, 9.17) is 12.2 Å². The zero-order chi connectivity index (χ0) is 11.7. The highest BCUT2D eigenvalue weighted by molar-refractivity contribution is 7.71. The van der Waals surface area contributed by atoms with E-state index in [-0.39, 0.29) is 5.82 Å². The number of H-pyrrole nitrogens is 1. The summed E-state index contributed by atoms with van der Waals surface area (Å²) in [4.78, 5) is 3.10. The lowest BCUT2D eigenvalue weighted by Crippen LogP contribution is -2.04. The number of nitrogens with one attached hydrogen (secondary N) is 1. The fraction of sp³-hybridized carbons (Fsp3) is 0.417. The highest BCUT2D eigenvalue weighted by atomic mass is 32.1. The van der Waals surface area contributed by atoms with Gasteiger partial charge in [-0.25, -0.2) is 4.39 Å². The van der Waals surface area contributed by atoms with Gasteiger partial charge in [0.15, 0.2) is 4.77 Å². The van der Waals surface area contributed by atoms with E-state index in [1.807, 2.05) is 4.57 Å². The summed E-state index contributed by atoms with van der Waals surface area (Å²) >= 11 is 5.27. The van der Waals surface area contributed by atoms with Gasteiger partial charge in [-0.3, -0.25) is 0 Å². The molecule has 0 aliphatic carbocycles. The lowest BCUT2D eigenvalue weighted by atomic mass is 10.2. The lowest BCUT2D eigenvalue weighted by molar-refractivity contribution is 0.506. The first-order chi connectivity index (χ1) is 7.63. The van der Waals surface area contributed by atoms with Gasteiger partial charge >= 0.3 is 0 Å². The maximum absolute atomic E-state index is 13.2. The topological polar surface area (TPSA) is 20.7 Å². The lowest BCUT2D eigenvalue weighted by Gasteiger charge is -2.13. The number of hydrogen-bond donors (Lipinski definition) is 1. The van der Waals surface area contributed by atoms with Gasteiger partial charge in [0.1, 0.15) is 5.82 Å². The normalized spacial score (nSPS) is 13.2. The van der Waals surface area contributed by atoms with Crippen molar-refractivity contribution in [3.8, 4) is 0 Å². The Labute approximate surface area is 99.1 Å². The summed E-state index contributed by atoms with van der Waals surface area (Å²) in [5.41, 5.74) is 1.75. The summed E-state index contributed by atoms with van der Waals surface area (Å²) in [6, 6.07) is 5.01. The van der Waals surface area contributed by atoms with Gasteiger partial charge in [0.25, 0.3) is 0 Å². The number of nitrogens with zero attached hydrogens (tertiary/aromatic N) is 1. The average molecular weight is 238 g/mol. The minimum absolute atomic E-state index is 0.223. The molecule has 0 spiro atoms. The molecule has 86 valence electrons. The second-order valence-corrected chi connectivity index (χ2v) is 4.49. The van der Waals surface area contributed by atoms with Crippen LogP contribution in [-0.4, -0.2) is 9.55 Å². The predicted molar refractivity (Wildman–Crippen MR) is 66.7 cm³/mol. The third-order valence-corrected chi connectivity index (χ3v) is 3.13. The Hall–Kier alpha value is -1.16. The Morgan fingerprint density at radius 2 is 2.25 bits per heavy atom. The summed E-state index contributed by atoms with van der Waals surface area (Å²) in [6.45, 7) is 4.24. The highest BCUT2D eigenvalue weighted by Crippen LogP contribution is 2.22. The molecule has 2 aromatic rings. The quantitative estimate of drug-likeness (QED) is 0.795. The van der Waals surface area contributed by atoms with E-state index in [1.54, 1.807) is 6.07 Å². The first-order valence-electron chi connectivity index (χ1n) is 5.53. The first-order valence-corrected chi connectivity index (χ1v) is 5.94. The Kier molecular flexibility index (Phi) is 3.10. The molecule has 2 rings (SSSR count). The molecule has 0 amide bonds. The van der Waals surface area contributed by atoms with Crippen LogP contribution in [0.3, 0.4) is 0 Å². The maximum atomic E-state index is 13.2. The van der Waals surface area contributed by atoms with E-state index in [1.165, 1.54) is 12.1 Å². The zero-order valence-electron chi connectivity index (χ0n) is 9.46. The molecular formula is C12H15FN2S. The Balaban J connectivity index is 2.62. The molecule has 1 aromatic heterocycles. The van der Waals surface area contributed by atoms with Crippen LogP contribution in [0.5, 0.6) is 0 Å². The second-order valence-electron chi connectivity index (χ2n) is 4.10. The van der Waals surface area contributed by atoms with Gasteiger partial charge in [0.2, 0.25) is 0 Å². The summed E-state index contributed by atoms with van der Waals surface area (Å²) in [7, 11) is 0. The van der Waals surface area contributed by atoms with Gasteiger partial charge in [-0.05, 0) is 43.8 Å². The molecule has 0 bridgehead atoms. The summed E-state index contributed by atoms with van der Waals surface area (Å²) in [6.07, 6.45) is 2.13. The van der Waals surface area contributed by atoms with Crippen LogP contribution in [0, 0.1) is 10.6 Å². The number of benzene rings is 1. The fourth-order valence-corrected chi connectivity index (χ4v) is 2.47. The van der Waals surface area contributed by atoms with Crippen molar-refractivity contribution in [2.24, 2.45) is 0 Å². The fourth-order valence-electron chi connectivity index (χ4n) is 2.08. The van der Waals surface area contributed by atoms with Gasteiger partial charge in [-0.1, -0.05) is 13.3 Å². The summed E-state index contributed by atoms with van der Waals surface area (Å²) in [5, 5.41) is 0. The molecule has 1 unspecified atom stereocenters. The van der Waals surface area contributed by atoms with Crippen LogP contribution in [0.1, 0.15) is 32.7 Å². The van der Waals surface area contributed by atoms with Crippen LogP contribution in [-0.2, 0) is 0 Å². The SMILES string of the molecule is CCCC(C)n1c(=S)[nH]c2ccc(F)cc21. The van der Waals surface area contributed by atoms with E-state index in [9.17, 15) is 4.39 Å². The first kappa shape index (κ1) is 11.3. The minimum Gasteiger partial charge on any atom is -0.331 e. The summed E-state index contributed by atoms with van der Waals surface area (Å²) in [5.74, 6) is -0.223. The van der Waals surface area contributed by atoms with Crippen LogP contribution in [0.2, 0.25) is 0 Å². The van der Waals surface area contributed by atoms with E-state index < -0.39 is 0 Å². The van der Waals surface area contributed by atoms with Gasteiger partial charge in [0, 0.05) is 6.04 Å². The van der Waals surface area contributed by atoms with Crippen LogP contribution >= 0.6 is 12.2 Å².